The Morgan fingerprint density at radius 3 is 2.85 bits per heavy atom. The summed E-state index contributed by atoms with van der Waals surface area (Å²) in [5, 5.41) is 6.27. The van der Waals surface area contributed by atoms with Crippen LogP contribution in [0.4, 0.5) is 0 Å². The summed E-state index contributed by atoms with van der Waals surface area (Å²) in [6.07, 6.45) is 4.78. The smallest absolute Gasteiger partial charge is 0.233 e. The Labute approximate surface area is 125 Å². The second-order valence-electron chi connectivity index (χ2n) is 5.43. The first kappa shape index (κ1) is 15.4. The summed E-state index contributed by atoms with van der Waals surface area (Å²) in [5.41, 5.74) is 1.25. The van der Waals surface area contributed by atoms with Crippen molar-refractivity contribution in [1.82, 2.24) is 10.6 Å². The van der Waals surface area contributed by atoms with Gasteiger partial charge in [0.25, 0.3) is 0 Å². The fourth-order valence-electron chi connectivity index (χ4n) is 2.58. The third kappa shape index (κ3) is 4.53. The van der Waals surface area contributed by atoms with Crippen molar-refractivity contribution < 1.29 is 4.79 Å². The molecule has 1 fully saturated rings. The van der Waals surface area contributed by atoms with Gasteiger partial charge in [0, 0.05) is 17.5 Å². The third-order valence-corrected chi connectivity index (χ3v) is 4.76. The summed E-state index contributed by atoms with van der Waals surface area (Å²) in [6.45, 7) is 2.84. The highest BCUT2D eigenvalue weighted by molar-refractivity contribution is 8.00. The molecule has 3 nitrogen and oxygen atoms in total. The molecule has 0 radical (unpaired) electrons. The van der Waals surface area contributed by atoms with E-state index in [9.17, 15) is 4.79 Å². The Morgan fingerprint density at radius 2 is 2.15 bits per heavy atom. The molecule has 1 aliphatic carbocycles. The summed E-state index contributed by atoms with van der Waals surface area (Å²) in [6, 6.07) is 8.78. The molecular formula is C16H24N2OS. The van der Waals surface area contributed by atoms with Gasteiger partial charge in [-0.15, -0.1) is 11.8 Å². The number of benzene rings is 1. The monoisotopic (exact) mass is 292 g/mol. The van der Waals surface area contributed by atoms with E-state index in [2.05, 4.69) is 34.9 Å². The van der Waals surface area contributed by atoms with Crippen LogP contribution < -0.4 is 10.6 Å². The number of rotatable bonds is 6. The predicted molar refractivity (Wildman–Crippen MR) is 84.9 cm³/mol. The van der Waals surface area contributed by atoms with E-state index < -0.39 is 0 Å². The van der Waals surface area contributed by atoms with E-state index in [0.29, 0.717) is 6.04 Å². The van der Waals surface area contributed by atoms with Gasteiger partial charge in [0.1, 0.15) is 0 Å². The van der Waals surface area contributed by atoms with Crippen LogP contribution in [0.15, 0.2) is 29.2 Å². The lowest BCUT2D eigenvalue weighted by molar-refractivity contribution is -0.120. The topological polar surface area (TPSA) is 41.1 Å². The van der Waals surface area contributed by atoms with Gasteiger partial charge in [-0.25, -0.2) is 0 Å². The number of amides is 1. The molecule has 4 heteroatoms. The highest BCUT2D eigenvalue weighted by Gasteiger charge is 2.21. The van der Waals surface area contributed by atoms with Gasteiger partial charge in [0.15, 0.2) is 0 Å². The fraction of sp³-hybridized carbons (Fsp3) is 0.562. The van der Waals surface area contributed by atoms with Gasteiger partial charge in [0.2, 0.25) is 5.91 Å². The quantitative estimate of drug-likeness (QED) is 0.792. The second-order valence-corrected chi connectivity index (χ2v) is 6.84. The van der Waals surface area contributed by atoms with Crippen molar-refractivity contribution in [3.05, 3.63) is 29.8 Å². The first-order chi connectivity index (χ1) is 9.69. The SMILES string of the molecule is CNCc1cccc(SC(C)C(=O)NC2CCCC2)c1. The molecule has 1 aromatic carbocycles. The minimum atomic E-state index is -0.0413. The Hall–Kier alpha value is -1.00. The summed E-state index contributed by atoms with van der Waals surface area (Å²) >= 11 is 1.64. The first-order valence-corrected chi connectivity index (χ1v) is 8.27. The van der Waals surface area contributed by atoms with Gasteiger partial charge < -0.3 is 10.6 Å². The maximum absolute atomic E-state index is 12.2. The molecule has 0 aliphatic heterocycles. The maximum atomic E-state index is 12.2. The Bertz CT molecular complexity index is 444. The number of nitrogens with one attached hydrogen (secondary N) is 2. The number of carbonyl (C=O) groups excluding carboxylic acids is 1. The van der Waals surface area contributed by atoms with Gasteiger partial charge in [0.05, 0.1) is 5.25 Å². The van der Waals surface area contributed by atoms with E-state index in [4.69, 9.17) is 0 Å². The Balaban J connectivity index is 1.87. The highest BCUT2D eigenvalue weighted by Crippen LogP contribution is 2.25. The Morgan fingerprint density at radius 1 is 1.40 bits per heavy atom. The summed E-state index contributed by atoms with van der Waals surface area (Å²) in [5.74, 6) is 0.168. The molecule has 1 aromatic rings. The summed E-state index contributed by atoms with van der Waals surface area (Å²) in [7, 11) is 1.94. The molecule has 1 aliphatic rings. The van der Waals surface area contributed by atoms with E-state index >= 15 is 0 Å². The van der Waals surface area contributed by atoms with Crippen molar-refractivity contribution in [3.8, 4) is 0 Å². The molecule has 2 N–H and O–H groups in total. The van der Waals surface area contributed by atoms with Gasteiger partial charge >= 0.3 is 0 Å². The molecule has 1 atom stereocenters. The predicted octanol–water partition coefficient (Wildman–Crippen LogP) is 2.95. The first-order valence-electron chi connectivity index (χ1n) is 7.39. The highest BCUT2D eigenvalue weighted by atomic mass is 32.2. The van der Waals surface area contributed by atoms with E-state index in [1.54, 1.807) is 11.8 Å². The van der Waals surface area contributed by atoms with E-state index in [1.807, 2.05) is 14.0 Å². The van der Waals surface area contributed by atoms with Crippen LogP contribution in [0.1, 0.15) is 38.2 Å². The summed E-state index contributed by atoms with van der Waals surface area (Å²) < 4.78 is 0. The molecular weight excluding hydrogens is 268 g/mol. The van der Waals surface area contributed by atoms with Crippen LogP contribution in [-0.4, -0.2) is 24.2 Å². The molecule has 110 valence electrons. The molecule has 1 unspecified atom stereocenters. The molecule has 0 bridgehead atoms. The van der Waals surface area contributed by atoms with E-state index in [1.165, 1.54) is 18.4 Å². The van der Waals surface area contributed by atoms with Crippen molar-refractivity contribution in [2.24, 2.45) is 0 Å². The standard InChI is InChI=1S/C16H24N2OS/c1-12(16(19)18-14-7-3-4-8-14)20-15-9-5-6-13(10-15)11-17-2/h5-6,9-10,12,14,17H,3-4,7-8,11H2,1-2H3,(H,18,19). The third-order valence-electron chi connectivity index (χ3n) is 3.66. The fourth-order valence-corrected chi connectivity index (χ4v) is 3.54. The minimum Gasteiger partial charge on any atom is -0.352 e. The van der Waals surface area contributed by atoms with Crippen LogP contribution in [0.25, 0.3) is 0 Å². The zero-order chi connectivity index (χ0) is 14.4. The van der Waals surface area contributed by atoms with Crippen molar-refractivity contribution in [2.75, 3.05) is 7.05 Å². The number of hydrogen-bond donors (Lipinski definition) is 2. The lowest BCUT2D eigenvalue weighted by Gasteiger charge is -2.16. The number of hydrogen-bond acceptors (Lipinski definition) is 3. The van der Waals surface area contributed by atoms with Crippen molar-refractivity contribution in [2.45, 2.75) is 55.3 Å². The molecule has 0 aromatic heterocycles. The maximum Gasteiger partial charge on any atom is 0.233 e. The van der Waals surface area contributed by atoms with E-state index in [0.717, 1.165) is 24.3 Å². The molecule has 2 rings (SSSR count). The average molecular weight is 292 g/mol. The van der Waals surface area contributed by atoms with Gasteiger partial charge in [-0.3, -0.25) is 4.79 Å². The molecule has 0 heterocycles. The van der Waals surface area contributed by atoms with Crippen LogP contribution in [-0.2, 0) is 11.3 Å². The van der Waals surface area contributed by atoms with Crippen LogP contribution in [0, 0.1) is 0 Å². The second kappa shape index (κ2) is 7.70. The van der Waals surface area contributed by atoms with Crippen LogP contribution in [0.5, 0.6) is 0 Å². The zero-order valence-electron chi connectivity index (χ0n) is 12.3. The van der Waals surface area contributed by atoms with Crippen molar-refractivity contribution >= 4 is 17.7 Å². The van der Waals surface area contributed by atoms with Crippen LogP contribution in [0.3, 0.4) is 0 Å². The summed E-state index contributed by atoms with van der Waals surface area (Å²) in [4.78, 5) is 13.3. The van der Waals surface area contributed by atoms with Gasteiger partial charge in [-0.2, -0.15) is 0 Å². The number of carbonyl (C=O) groups is 1. The van der Waals surface area contributed by atoms with Crippen LogP contribution >= 0.6 is 11.8 Å². The van der Waals surface area contributed by atoms with Crippen molar-refractivity contribution in [3.63, 3.8) is 0 Å². The molecule has 20 heavy (non-hydrogen) atoms. The normalized spacial score (nSPS) is 17.1. The van der Waals surface area contributed by atoms with Crippen molar-refractivity contribution in [1.29, 1.82) is 0 Å². The lowest BCUT2D eigenvalue weighted by atomic mass is 10.2. The number of thioether (sulfide) groups is 1. The van der Waals surface area contributed by atoms with E-state index in [-0.39, 0.29) is 11.2 Å². The molecule has 1 amide bonds. The molecule has 0 saturated heterocycles. The minimum absolute atomic E-state index is 0.0413. The Kier molecular flexibility index (Phi) is 5.92. The van der Waals surface area contributed by atoms with Gasteiger partial charge in [-0.05, 0) is 44.5 Å². The lowest BCUT2D eigenvalue weighted by Crippen LogP contribution is -2.37. The molecule has 1 saturated carbocycles. The average Bonchev–Trinajstić information content (AvgIpc) is 2.92. The van der Waals surface area contributed by atoms with Gasteiger partial charge in [-0.1, -0.05) is 25.0 Å². The zero-order valence-corrected chi connectivity index (χ0v) is 13.1. The largest absolute Gasteiger partial charge is 0.352 e. The van der Waals surface area contributed by atoms with Crippen LogP contribution in [0.2, 0.25) is 0 Å². The molecule has 0 spiro atoms.